The van der Waals surface area contributed by atoms with E-state index in [0.29, 0.717) is 5.56 Å². The van der Waals surface area contributed by atoms with Crippen molar-refractivity contribution in [2.24, 2.45) is 0 Å². The van der Waals surface area contributed by atoms with Crippen LogP contribution in [0, 0.1) is 13.8 Å². The van der Waals surface area contributed by atoms with Crippen LogP contribution in [0.3, 0.4) is 0 Å². The van der Waals surface area contributed by atoms with Crippen molar-refractivity contribution >= 4 is 5.97 Å². The Kier molecular flexibility index (Phi) is 2.06. The van der Waals surface area contributed by atoms with E-state index in [1.54, 1.807) is 0 Å². The number of hydrogen-bond acceptors (Lipinski definition) is 1. The molecule has 2 heteroatoms. The van der Waals surface area contributed by atoms with Crippen LogP contribution in [0.25, 0.3) is 0 Å². The van der Waals surface area contributed by atoms with Gasteiger partial charge in [-0.15, -0.1) is 0 Å². The van der Waals surface area contributed by atoms with Gasteiger partial charge in [0.2, 0.25) is 0 Å². The Morgan fingerprint density at radius 2 is 2.07 bits per heavy atom. The third-order valence-electron chi connectivity index (χ3n) is 3.09. The van der Waals surface area contributed by atoms with Crippen molar-refractivity contribution in [2.75, 3.05) is 0 Å². The number of aryl methyl sites for hydroxylation is 2. The van der Waals surface area contributed by atoms with Crippen molar-refractivity contribution < 1.29 is 9.90 Å². The number of rotatable bonds is 1. The number of carboxylic acid groups (broad SMARTS) is 1. The predicted molar refractivity (Wildman–Crippen MR) is 54.9 cm³/mol. The molecule has 0 unspecified atom stereocenters. The summed E-state index contributed by atoms with van der Waals surface area (Å²) in [7, 11) is 0. The predicted octanol–water partition coefficient (Wildman–Crippen LogP) is 2.49. The normalized spacial score (nSPS) is 14.1. The van der Waals surface area contributed by atoms with Gasteiger partial charge in [0.15, 0.2) is 0 Å². The van der Waals surface area contributed by atoms with Gasteiger partial charge in [0, 0.05) is 0 Å². The third-order valence-corrected chi connectivity index (χ3v) is 3.09. The van der Waals surface area contributed by atoms with Crippen LogP contribution in [0.2, 0.25) is 0 Å². The number of carbonyl (C=O) groups is 1. The molecule has 1 aliphatic rings. The molecule has 1 N–H and O–H groups in total. The Bertz CT molecular complexity index is 405. The second-order valence-corrected chi connectivity index (χ2v) is 3.99. The molecule has 1 aliphatic carbocycles. The van der Waals surface area contributed by atoms with Crippen LogP contribution in [-0.2, 0) is 12.8 Å². The fraction of sp³-hybridized carbons (Fsp3) is 0.417. The van der Waals surface area contributed by atoms with Crippen molar-refractivity contribution in [1.82, 2.24) is 0 Å². The molecule has 0 saturated heterocycles. The molecule has 0 spiro atoms. The molecule has 14 heavy (non-hydrogen) atoms. The zero-order valence-electron chi connectivity index (χ0n) is 8.55. The maximum atomic E-state index is 11.0. The third kappa shape index (κ3) is 1.22. The van der Waals surface area contributed by atoms with E-state index in [-0.39, 0.29) is 0 Å². The Morgan fingerprint density at radius 1 is 1.36 bits per heavy atom. The zero-order chi connectivity index (χ0) is 10.3. The molecule has 0 atom stereocenters. The lowest BCUT2D eigenvalue weighted by molar-refractivity contribution is 0.0695. The summed E-state index contributed by atoms with van der Waals surface area (Å²) in [6, 6.07) is 2.04. The first-order valence-electron chi connectivity index (χ1n) is 4.96. The first-order valence-corrected chi connectivity index (χ1v) is 4.96. The summed E-state index contributed by atoms with van der Waals surface area (Å²) >= 11 is 0. The molecule has 0 fully saturated rings. The molecule has 0 aliphatic heterocycles. The summed E-state index contributed by atoms with van der Waals surface area (Å²) in [5.41, 5.74) is 5.00. The lowest BCUT2D eigenvalue weighted by Crippen LogP contribution is -2.06. The van der Waals surface area contributed by atoms with Gasteiger partial charge in [-0.2, -0.15) is 0 Å². The number of aromatic carboxylic acids is 1. The lowest BCUT2D eigenvalue weighted by Gasteiger charge is -2.10. The average molecular weight is 190 g/mol. The SMILES string of the molecule is Cc1cc2c(c(C)c1C(=O)O)CCC2. The van der Waals surface area contributed by atoms with E-state index < -0.39 is 5.97 Å². The summed E-state index contributed by atoms with van der Waals surface area (Å²) in [4.78, 5) is 11.0. The molecule has 0 saturated carbocycles. The highest BCUT2D eigenvalue weighted by atomic mass is 16.4. The maximum Gasteiger partial charge on any atom is 0.336 e. The minimum atomic E-state index is -0.797. The number of carboxylic acids is 1. The summed E-state index contributed by atoms with van der Waals surface area (Å²) < 4.78 is 0. The largest absolute Gasteiger partial charge is 0.478 e. The van der Waals surface area contributed by atoms with Crippen LogP contribution in [0.1, 0.15) is 39.0 Å². The first kappa shape index (κ1) is 9.25. The highest BCUT2D eigenvalue weighted by molar-refractivity contribution is 5.91. The maximum absolute atomic E-state index is 11.0. The summed E-state index contributed by atoms with van der Waals surface area (Å²) in [5, 5.41) is 9.08. The van der Waals surface area contributed by atoms with Crippen molar-refractivity contribution in [3.05, 3.63) is 33.9 Å². The molecule has 0 amide bonds. The highest BCUT2D eigenvalue weighted by Gasteiger charge is 2.20. The molecule has 2 nitrogen and oxygen atoms in total. The Balaban J connectivity index is 2.68. The van der Waals surface area contributed by atoms with E-state index in [1.165, 1.54) is 17.5 Å². The van der Waals surface area contributed by atoms with Crippen LogP contribution < -0.4 is 0 Å². The molecule has 0 radical (unpaired) electrons. The minimum absolute atomic E-state index is 0.505. The first-order chi connectivity index (χ1) is 6.61. The van der Waals surface area contributed by atoms with Crippen LogP contribution in [0.15, 0.2) is 6.07 Å². The van der Waals surface area contributed by atoms with Gasteiger partial charge in [0.25, 0.3) is 0 Å². The molecule has 0 bridgehead atoms. The summed E-state index contributed by atoms with van der Waals surface area (Å²) in [6.07, 6.45) is 3.32. The molecular weight excluding hydrogens is 176 g/mol. The van der Waals surface area contributed by atoms with E-state index in [1.807, 2.05) is 19.9 Å². The Morgan fingerprint density at radius 3 is 2.71 bits per heavy atom. The Labute approximate surface area is 83.6 Å². The Hall–Kier alpha value is -1.31. The minimum Gasteiger partial charge on any atom is -0.478 e. The number of benzene rings is 1. The van der Waals surface area contributed by atoms with Crippen molar-refractivity contribution in [1.29, 1.82) is 0 Å². The van der Waals surface area contributed by atoms with E-state index in [9.17, 15) is 4.79 Å². The van der Waals surface area contributed by atoms with E-state index in [4.69, 9.17) is 5.11 Å². The van der Waals surface area contributed by atoms with Gasteiger partial charge in [0.05, 0.1) is 5.56 Å². The van der Waals surface area contributed by atoms with Gasteiger partial charge in [-0.3, -0.25) is 0 Å². The monoisotopic (exact) mass is 190 g/mol. The topological polar surface area (TPSA) is 37.3 Å². The van der Waals surface area contributed by atoms with Gasteiger partial charge in [-0.05, 0) is 55.4 Å². The van der Waals surface area contributed by atoms with E-state index >= 15 is 0 Å². The zero-order valence-corrected chi connectivity index (χ0v) is 8.55. The van der Waals surface area contributed by atoms with Gasteiger partial charge in [-0.1, -0.05) is 6.07 Å². The van der Waals surface area contributed by atoms with Crippen molar-refractivity contribution in [3.63, 3.8) is 0 Å². The van der Waals surface area contributed by atoms with Crippen molar-refractivity contribution in [2.45, 2.75) is 33.1 Å². The smallest absolute Gasteiger partial charge is 0.336 e. The molecular formula is C12H14O2. The molecule has 0 heterocycles. The molecule has 0 aromatic heterocycles. The summed E-state index contributed by atoms with van der Waals surface area (Å²) in [5.74, 6) is -0.797. The summed E-state index contributed by atoms with van der Waals surface area (Å²) in [6.45, 7) is 3.82. The molecule has 1 aromatic carbocycles. The van der Waals surface area contributed by atoms with Crippen LogP contribution in [-0.4, -0.2) is 11.1 Å². The lowest BCUT2D eigenvalue weighted by atomic mass is 9.94. The van der Waals surface area contributed by atoms with Crippen LogP contribution >= 0.6 is 0 Å². The van der Waals surface area contributed by atoms with Gasteiger partial charge >= 0.3 is 5.97 Å². The highest BCUT2D eigenvalue weighted by Crippen LogP contribution is 2.29. The van der Waals surface area contributed by atoms with Gasteiger partial charge in [-0.25, -0.2) is 4.79 Å². The number of hydrogen-bond donors (Lipinski definition) is 1. The average Bonchev–Trinajstić information content (AvgIpc) is 2.50. The van der Waals surface area contributed by atoms with E-state index in [2.05, 4.69) is 0 Å². The van der Waals surface area contributed by atoms with Crippen molar-refractivity contribution in [3.8, 4) is 0 Å². The van der Waals surface area contributed by atoms with Crippen LogP contribution in [0.4, 0.5) is 0 Å². The van der Waals surface area contributed by atoms with Crippen LogP contribution in [0.5, 0.6) is 0 Å². The quantitative estimate of drug-likeness (QED) is 0.738. The fourth-order valence-electron chi connectivity index (χ4n) is 2.46. The number of fused-ring (bicyclic) bond motifs is 1. The fourth-order valence-corrected chi connectivity index (χ4v) is 2.46. The second kappa shape index (κ2) is 3.12. The second-order valence-electron chi connectivity index (χ2n) is 3.99. The molecule has 1 aromatic rings. The molecule has 2 rings (SSSR count). The van der Waals surface area contributed by atoms with E-state index in [0.717, 1.165) is 24.0 Å². The molecule has 74 valence electrons. The standard InChI is InChI=1S/C12H14O2/c1-7-6-9-4-3-5-10(9)8(2)11(7)12(13)14/h6H,3-5H2,1-2H3,(H,13,14). The van der Waals surface area contributed by atoms with Gasteiger partial charge < -0.3 is 5.11 Å². The van der Waals surface area contributed by atoms with Gasteiger partial charge in [0.1, 0.15) is 0 Å².